The van der Waals surface area contributed by atoms with Crippen molar-refractivity contribution in [2.24, 2.45) is 5.16 Å². The summed E-state index contributed by atoms with van der Waals surface area (Å²) in [5, 5.41) is 34.1. The summed E-state index contributed by atoms with van der Waals surface area (Å²) in [5.41, 5.74) is 1.58. The second kappa shape index (κ2) is 9.38. The molecule has 0 heterocycles. The van der Waals surface area contributed by atoms with Gasteiger partial charge in [0, 0.05) is 13.0 Å². The molecule has 0 aliphatic carbocycles. The van der Waals surface area contributed by atoms with Gasteiger partial charge in [0.1, 0.15) is 17.2 Å². The predicted octanol–water partition coefficient (Wildman–Crippen LogP) is 4.12. The Morgan fingerprint density at radius 3 is 2.19 bits per heavy atom. The molecule has 0 radical (unpaired) electrons. The smallest absolute Gasteiger partial charge is 0.269 e. The highest BCUT2D eigenvalue weighted by Crippen LogP contribution is 2.33. The van der Waals surface area contributed by atoms with Crippen LogP contribution in [0, 0.1) is 0 Å². The van der Waals surface area contributed by atoms with Gasteiger partial charge in [-0.1, -0.05) is 11.2 Å². The third kappa shape index (κ3) is 5.46. The number of amides is 1. The Labute approximate surface area is 175 Å². The summed E-state index contributed by atoms with van der Waals surface area (Å²) in [6.07, 6.45) is 0.657. The molecular formula is C17H15Br3N2O4. The Morgan fingerprint density at radius 1 is 1.00 bits per heavy atom. The summed E-state index contributed by atoms with van der Waals surface area (Å²) in [6.45, 7) is 0.345. The van der Waals surface area contributed by atoms with Gasteiger partial charge in [0.2, 0.25) is 0 Å². The van der Waals surface area contributed by atoms with Crippen molar-refractivity contribution in [3.63, 3.8) is 0 Å². The zero-order valence-corrected chi connectivity index (χ0v) is 18.1. The van der Waals surface area contributed by atoms with E-state index in [-0.39, 0.29) is 23.6 Å². The van der Waals surface area contributed by atoms with Crippen LogP contribution in [0.5, 0.6) is 11.5 Å². The summed E-state index contributed by atoms with van der Waals surface area (Å²) in [5.74, 6) is -0.273. The Hall–Kier alpha value is -1.58. The number of carbonyl (C=O) groups is 1. The van der Waals surface area contributed by atoms with Crippen molar-refractivity contribution < 1.29 is 20.2 Å². The van der Waals surface area contributed by atoms with Gasteiger partial charge in [-0.3, -0.25) is 4.79 Å². The van der Waals surface area contributed by atoms with E-state index in [0.29, 0.717) is 31.9 Å². The molecule has 4 N–H and O–H groups in total. The molecule has 6 nitrogen and oxygen atoms in total. The average Bonchev–Trinajstić information content (AvgIpc) is 2.60. The molecule has 0 fully saturated rings. The lowest BCUT2D eigenvalue weighted by Gasteiger charge is -2.09. The molecule has 138 valence electrons. The molecule has 2 rings (SSSR count). The SMILES string of the molecule is O=C(NCCc1ccc(O)c(Br)c1)/C(Cc1cc(Br)c(O)c(Br)c1)=N\O. The first kappa shape index (κ1) is 20.7. The first-order chi connectivity index (χ1) is 12.3. The fraction of sp³-hybridized carbons (Fsp3) is 0.176. The molecule has 0 spiro atoms. The Balaban J connectivity index is 1.95. The standard InChI is InChI=1S/C17H15Br3N2O4/c18-11-5-9(1-2-15(11)23)3-4-21-17(25)14(22-26)8-10-6-12(19)16(24)13(20)7-10/h1-2,5-7,23-24,26H,3-4,8H2,(H,21,25)/b22-14-. The van der Waals surface area contributed by atoms with Crippen LogP contribution in [0.3, 0.4) is 0 Å². The zero-order chi connectivity index (χ0) is 19.3. The van der Waals surface area contributed by atoms with Crippen molar-refractivity contribution in [2.45, 2.75) is 12.8 Å². The van der Waals surface area contributed by atoms with Crippen molar-refractivity contribution in [1.29, 1.82) is 0 Å². The van der Waals surface area contributed by atoms with E-state index in [9.17, 15) is 15.0 Å². The average molecular weight is 551 g/mol. The Morgan fingerprint density at radius 2 is 1.62 bits per heavy atom. The van der Waals surface area contributed by atoms with Gasteiger partial charge in [0.25, 0.3) is 5.91 Å². The molecule has 9 heteroatoms. The zero-order valence-electron chi connectivity index (χ0n) is 13.3. The summed E-state index contributed by atoms with van der Waals surface area (Å²) < 4.78 is 1.53. The maximum absolute atomic E-state index is 12.2. The highest BCUT2D eigenvalue weighted by Gasteiger charge is 2.15. The fourth-order valence-electron chi connectivity index (χ4n) is 2.20. The molecule has 26 heavy (non-hydrogen) atoms. The van der Waals surface area contributed by atoms with Crippen LogP contribution in [0.1, 0.15) is 11.1 Å². The number of phenolic OH excluding ortho intramolecular Hbond substituents is 2. The van der Waals surface area contributed by atoms with Gasteiger partial charge < -0.3 is 20.7 Å². The van der Waals surface area contributed by atoms with Crippen LogP contribution < -0.4 is 5.32 Å². The van der Waals surface area contributed by atoms with Gasteiger partial charge in [-0.25, -0.2) is 0 Å². The molecular weight excluding hydrogens is 536 g/mol. The third-order valence-corrected chi connectivity index (χ3v) is 5.39. The topological polar surface area (TPSA) is 102 Å². The van der Waals surface area contributed by atoms with Crippen molar-refractivity contribution in [2.75, 3.05) is 6.54 Å². The minimum Gasteiger partial charge on any atom is -0.507 e. The lowest BCUT2D eigenvalue weighted by Crippen LogP contribution is -2.33. The maximum Gasteiger partial charge on any atom is 0.269 e. The van der Waals surface area contributed by atoms with E-state index in [1.54, 1.807) is 30.3 Å². The lowest BCUT2D eigenvalue weighted by atomic mass is 10.1. The minimum atomic E-state index is -0.481. The number of nitrogens with one attached hydrogen (secondary N) is 1. The number of halogens is 3. The normalized spacial score (nSPS) is 11.4. The van der Waals surface area contributed by atoms with Gasteiger partial charge >= 0.3 is 0 Å². The van der Waals surface area contributed by atoms with Crippen LogP contribution in [-0.2, 0) is 17.6 Å². The van der Waals surface area contributed by atoms with Gasteiger partial charge in [-0.15, -0.1) is 0 Å². The van der Waals surface area contributed by atoms with Crippen molar-refractivity contribution in [3.05, 3.63) is 54.9 Å². The highest BCUT2D eigenvalue weighted by atomic mass is 79.9. The first-order valence-corrected chi connectivity index (χ1v) is 9.83. The number of aromatic hydroxyl groups is 2. The summed E-state index contributed by atoms with van der Waals surface area (Å²) in [6, 6.07) is 8.40. The van der Waals surface area contributed by atoms with Crippen molar-refractivity contribution in [3.8, 4) is 11.5 Å². The number of rotatable bonds is 6. The minimum absolute atomic E-state index is 0.0404. The van der Waals surface area contributed by atoms with E-state index in [4.69, 9.17) is 5.21 Å². The molecule has 0 unspecified atom stereocenters. The summed E-state index contributed by atoms with van der Waals surface area (Å²) in [7, 11) is 0. The summed E-state index contributed by atoms with van der Waals surface area (Å²) >= 11 is 9.68. The van der Waals surface area contributed by atoms with E-state index in [1.165, 1.54) is 0 Å². The predicted molar refractivity (Wildman–Crippen MR) is 109 cm³/mol. The van der Waals surface area contributed by atoms with Crippen LogP contribution in [0.2, 0.25) is 0 Å². The lowest BCUT2D eigenvalue weighted by molar-refractivity contribution is -0.115. The van der Waals surface area contributed by atoms with Crippen LogP contribution in [0.4, 0.5) is 0 Å². The van der Waals surface area contributed by atoms with E-state index in [1.807, 2.05) is 0 Å². The quantitative estimate of drug-likeness (QED) is 0.247. The monoisotopic (exact) mass is 548 g/mol. The van der Waals surface area contributed by atoms with E-state index < -0.39 is 5.91 Å². The molecule has 2 aromatic rings. The molecule has 0 bridgehead atoms. The van der Waals surface area contributed by atoms with Crippen LogP contribution in [-0.4, -0.2) is 33.6 Å². The molecule has 0 aliphatic rings. The number of benzene rings is 2. The number of nitrogens with zero attached hydrogens (tertiary/aromatic N) is 1. The van der Waals surface area contributed by atoms with E-state index >= 15 is 0 Å². The fourth-order valence-corrected chi connectivity index (χ4v) is 3.91. The van der Waals surface area contributed by atoms with Crippen LogP contribution >= 0.6 is 47.8 Å². The second-order valence-electron chi connectivity index (χ2n) is 5.42. The van der Waals surface area contributed by atoms with Gasteiger partial charge in [0.05, 0.1) is 13.4 Å². The van der Waals surface area contributed by atoms with Crippen LogP contribution in [0.25, 0.3) is 0 Å². The van der Waals surface area contributed by atoms with Crippen LogP contribution in [0.15, 0.2) is 48.9 Å². The molecule has 0 saturated heterocycles. The number of oxime groups is 1. The number of hydrogen-bond acceptors (Lipinski definition) is 5. The van der Waals surface area contributed by atoms with Crippen molar-refractivity contribution >= 4 is 59.4 Å². The molecule has 2 aromatic carbocycles. The third-order valence-electron chi connectivity index (χ3n) is 3.54. The number of carbonyl (C=O) groups excluding carboxylic acids is 1. The van der Waals surface area contributed by atoms with Gasteiger partial charge in [-0.05, 0) is 89.6 Å². The first-order valence-electron chi connectivity index (χ1n) is 7.45. The number of hydrogen-bond donors (Lipinski definition) is 4. The van der Waals surface area contributed by atoms with Gasteiger partial charge in [-0.2, -0.15) is 0 Å². The molecule has 0 aromatic heterocycles. The Kier molecular flexibility index (Phi) is 7.48. The van der Waals surface area contributed by atoms with E-state index in [0.717, 1.165) is 5.56 Å². The summed E-state index contributed by atoms with van der Waals surface area (Å²) in [4.78, 5) is 12.2. The molecule has 0 aliphatic heterocycles. The number of phenols is 2. The second-order valence-corrected chi connectivity index (χ2v) is 7.99. The molecule has 1 amide bonds. The maximum atomic E-state index is 12.2. The van der Waals surface area contributed by atoms with Crippen molar-refractivity contribution in [1.82, 2.24) is 5.32 Å². The van der Waals surface area contributed by atoms with Gasteiger partial charge in [0.15, 0.2) is 0 Å². The Bertz CT molecular complexity index is 833. The highest BCUT2D eigenvalue weighted by molar-refractivity contribution is 9.11. The largest absolute Gasteiger partial charge is 0.507 e. The molecule has 0 atom stereocenters. The van der Waals surface area contributed by atoms with E-state index in [2.05, 4.69) is 58.3 Å². The molecule has 0 saturated carbocycles.